The second kappa shape index (κ2) is 5.29. The van der Waals surface area contributed by atoms with Gasteiger partial charge in [0.05, 0.1) is 22.9 Å². The minimum atomic E-state index is -2.83. The van der Waals surface area contributed by atoms with Crippen LogP contribution in [0.1, 0.15) is 12.8 Å². The Morgan fingerprint density at radius 2 is 2.00 bits per heavy atom. The summed E-state index contributed by atoms with van der Waals surface area (Å²) in [4.78, 5) is 12.5. The number of fused-ring (bicyclic) bond motifs is 1. The van der Waals surface area contributed by atoms with Crippen LogP contribution in [0, 0.1) is 0 Å². The van der Waals surface area contributed by atoms with Crippen LogP contribution < -0.4 is 10.6 Å². The third-order valence-corrected chi connectivity index (χ3v) is 6.33. The predicted molar refractivity (Wildman–Crippen MR) is 81.1 cm³/mol. The Kier molecular flexibility index (Phi) is 3.64. The lowest BCUT2D eigenvalue weighted by molar-refractivity contribution is -0.113. The summed E-state index contributed by atoms with van der Waals surface area (Å²) in [6.45, 7) is 0. The fourth-order valence-corrected chi connectivity index (χ4v) is 4.72. The average Bonchev–Trinajstić information content (AvgIpc) is 2.41. The van der Waals surface area contributed by atoms with E-state index in [1.54, 1.807) is 0 Å². The number of anilines is 2. The number of rotatable bonds is 2. The summed E-state index contributed by atoms with van der Waals surface area (Å²) in [6, 6.07) is 6.07. The van der Waals surface area contributed by atoms with Gasteiger partial charge in [0, 0.05) is 16.6 Å². The highest BCUT2D eigenvalue weighted by molar-refractivity contribution is 8.00. The zero-order valence-corrected chi connectivity index (χ0v) is 12.5. The fourth-order valence-electron chi connectivity index (χ4n) is 2.44. The Hall–Kier alpha value is -1.21. The second-order valence-electron chi connectivity index (χ2n) is 5.12. The largest absolute Gasteiger partial charge is 0.382 e. The number of hydrogen-bond donors (Lipinski definition) is 2. The molecule has 2 aliphatic heterocycles. The van der Waals surface area contributed by atoms with Crippen molar-refractivity contribution < 1.29 is 13.2 Å². The summed E-state index contributed by atoms with van der Waals surface area (Å²) < 4.78 is 22.8. The van der Waals surface area contributed by atoms with Crippen LogP contribution in [0.3, 0.4) is 0 Å². The number of carbonyl (C=O) groups is 1. The molecule has 7 heteroatoms. The van der Waals surface area contributed by atoms with Gasteiger partial charge in [0.1, 0.15) is 9.84 Å². The fraction of sp³-hybridized carbons (Fsp3) is 0.462. The van der Waals surface area contributed by atoms with Crippen molar-refractivity contribution in [2.24, 2.45) is 0 Å². The summed E-state index contributed by atoms with van der Waals surface area (Å²) in [5.41, 5.74) is 1.76. The highest BCUT2D eigenvalue weighted by Gasteiger charge is 2.23. The van der Waals surface area contributed by atoms with E-state index in [1.807, 2.05) is 18.2 Å². The molecule has 2 aliphatic rings. The van der Waals surface area contributed by atoms with Gasteiger partial charge in [0.25, 0.3) is 0 Å². The maximum absolute atomic E-state index is 11.4. The van der Waals surface area contributed by atoms with Crippen LogP contribution in [0.2, 0.25) is 0 Å². The highest BCUT2D eigenvalue weighted by atomic mass is 32.2. The molecule has 20 heavy (non-hydrogen) atoms. The number of thioether (sulfide) groups is 1. The Balaban J connectivity index is 1.69. The first-order valence-electron chi connectivity index (χ1n) is 6.55. The van der Waals surface area contributed by atoms with Crippen molar-refractivity contribution in [3.8, 4) is 0 Å². The maximum Gasteiger partial charge on any atom is 0.234 e. The zero-order valence-electron chi connectivity index (χ0n) is 10.9. The van der Waals surface area contributed by atoms with Crippen molar-refractivity contribution in [2.75, 3.05) is 27.9 Å². The molecule has 1 amide bonds. The molecule has 2 N–H and O–H groups in total. The molecule has 1 aromatic carbocycles. The van der Waals surface area contributed by atoms with Gasteiger partial charge < -0.3 is 10.6 Å². The normalized spacial score (nSPS) is 21.9. The summed E-state index contributed by atoms with van der Waals surface area (Å²) in [7, 11) is -2.83. The Bertz CT molecular complexity index is 629. The lowest BCUT2D eigenvalue weighted by Gasteiger charge is -2.25. The minimum Gasteiger partial charge on any atom is -0.382 e. The number of carbonyl (C=O) groups excluding carboxylic acids is 1. The second-order valence-corrected chi connectivity index (χ2v) is 8.44. The van der Waals surface area contributed by atoms with Crippen molar-refractivity contribution in [1.82, 2.24) is 0 Å². The summed E-state index contributed by atoms with van der Waals surface area (Å²) >= 11 is 1.53. The van der Waals surface area contributed by atoms with E-state index in [1.165, 1.54) is 11.8 Å². The van der Waals surface area contributed by atoms with Gasteiger partial charge >= 0.3 is 0 Å². The van der Waals surface area contributed by atoms with Crippen LogP contribution in [0.5, 0.6) is 0 Å². The molecular weight excluding hydrogens is 296 g/mol. The molecule has 1 fully saturated rings. The van der Waals surface area contributed by atoms with Crippen molar-refractivity contribution in [2.45, 2.75) is 23.8 Å². The smallest absolute Gasteiger partial charge is 0.234 e. The minimum absolute atomic E-state index is 0.0170. The summed E-state index contributed by atoms with van der Waals surface area (Å²) in [5.74, 6) is 0.980. The van der Waals surface area contributed by atoms with E-state index < -0.39 is 9.84 Å². The Morgan fingerprint density at radius 1 is 1.25 bits per heavy atom. The van der Waals surface area contributed by atoms with Gasteiger partial charge in [-0.05, 0) is 31.0 Å². The van der Waals surface area contributed by atoms with Crippen LogP contribution in [-0.4, -0.2) is 37.6 Å². The van der Waals surface area contributed by atoms with E-state index in [9.17, 15) is 13.2 Å². The van der Waals surface area contributed by atoms with Crippen molar-refractivity contribution in [3.63, 3.8) is 0 Å². The third-order valence-electron chi connectivity index (χ3n) is 3.54. The SMILES string of the molecule is O=C1CSc2ccc(NC3CCS(=O)(=O)CC3)cc2N1. The Morgan fingerprint density at radius 3 is 2.75 bits per heavy atom. The molecule has 2 heterocycles. The molecule has 1 aromatic rings. The van der Waals surface area contributed by atoms with Crippen molar-refractivity contribution in [1.29, 1.82) is 0 Å². The van der Waals surface area contributed by atoms with Crippen LogP contribution in [0.25, 0.3) is 0 Å². The van der Waals surface area contributed by atoms with E-state index in [-0.39, 0.29) is 23.5 Å². The van der Waals surface area contributed by atoms with E-state index in [0.29, 0.717) is 18.6 Å². The van der Waals surface area contributed by atoms with Crippen molar-refractivity contribution >= 4 is 38.9 Å². The molecule has 0 spiro atoms. The lowest BCUT2D eigenvalue weighted by atomic mass is 10.1. The quantitative estimate of drug-likeness (QED) is 0.870. The molecule has 3 rings (SSSR count). The molecule has 0 unspecified atom stereocenters. The van der Waals surface area contributed by atoms with Gasteiger partial charge in [-0.2, -0.15) is 0 Å². The van der Waals surface area contributed by atoms with E-state index in [4.69, 9.17) is 0 Å². The molecule has 0 atom stereocenters. The zero-order chi connectivity index (χ0) is 14.2. The molecule has 108 valence electrons. The maximum atomic E-state index is 11.4. The monoisotopic (exact) mass is 312 g/mol. The van der Waals surface area contributed by atoms with Gasteiger partial charge in [-0.1, -0.05) is 0 Å². The molecular formula is C13H16N2O3S2. The van der Waals surface area contributed by atoms with Gasteiger partial charge in [-0.3, -0.25) is 4.79 Å². The van der Waals surface area contributed by atoms with Crippen LogP contribution in [0.15, 0.2) is 23.1 Å². The van der Waals surface area contributed by atoms with Gasteiger partial charge in [0.2, 0.25) is 5.91 Å². The first-order chi connectivity index (χ1) is 9.52. The summed E-state index contributed by atoms with van der Waals surface area (Å²) in [5, 5.41) is 6.21. The third kappa shape index (κ3) is 3.09. The Labute approximate surface area is 122 Å². The van der Waals surface area contributed by atoms with Crippen LogP contribution in [0.4, 0.5) is 11.4 Å². The van der Waals surface area contributed by atoms with Crippen LogP contribution >= 0.6 is 11.8 Å². The molecule has 1 saturated heterocycles. The molecule has 0 saturated carbocycles. The molecule has 0 bridgehead atoms. The first-order valence-corrected chi connectivity index (χ1v) is 9.36. The molecule has 5 nitrogen and oxygen atoms in total. The van der Waals surface area contributed by atoms with E-state index in [2.05, 4.69) is 10.6 Å². The van der Waals surface area contributed by atoms with Gasteiger partial charge in [-0.25, -0.2) is 8.42 Å². The molecule has 0 aromatic heterocycles. The standard InChI is InChI=1S/C13H16N2O3S2/c16-13-8-19-12-2-1-10(7-11(12)15-13)14-9-3-5-20(17,18)6-4-9/h1-2,7,9,14H,3-6,8H2,(H,15,16). The highest BCUT2D eigenvalue weighted by Crippen LogP contribution is 2.33. The average molecular weight is 312 g/mol. The molecule has 0 aliphatic carbocycles. The summed E-state index contributed by atoms with van der Waals surface area (Å²) in [6.07, 6.45) is 1.28. The number of amides is 1. The molecule has 0 radical (unpaired) electrons. The van der Waals surface area contributed by atoms with E-state index >= 15 is 0 Å². The van der Waals surface area contributed by atoms with Crippen LogP contribution in [-0.2, 0) is 14.6 Å². The predicted octanol–water partition coefficient (Wildman–Crippen LogP) is 1.72. The number of nitrogens with one attached hydrogen (secondary N) is 2. The van der Waals surface area contributed by atoms with Gasteiger partial charge in [-0.15, -0.1) is 11.8 Å². The first kappa shape index (κ1) is 13.8. The number of benzene rings is 1. The number of hydrogen-bond acceptors (Lipinski definition) is 5. The number of sulfone groups is 1. The lowest BCUT2D eigenvalue weighted by Crippen LogP contribution is -2.32. The van der Waals surface area contributed by atoms with E-state index in [0.717, 1.165) is 16.3 Å². The van der Waals surface area contributed by atoms with Gasteiger partial charge in [0.15, 0.2) is 0 Å². The topological polar surface area (TPSA) is 75.3 Å². The van der Waals surface area contributed by atoms with Crippen molar-refractivity contribution in [3.05, 3.63) is 18.2 Å².